The van der Waals surface area contributed by atoms with Crippen LogP contribution in [0.25, 0.3) is 0 Å². The van der Waals surface area contributed by atoms with Crippen LogP contribution in [0, 0.1) is 11.6 Å². The van der Waals surface area contributed by atoms with Crippen molar-refractivity contribution >= 4 is 11.8 Å². The molecular weight excluding hydrogens is 374 g/mol. The van der Waals surface area contributed by atoms with Crippen molar-refractivity contribution in [1.29, 1.82) is 0 Å². The number of hydrogen-bond donors (Lipinski definition) is 2. The molecule has 148 valence electrons. The fourth-order valence-electron chi connectivity index (χ4n) is 2.94. The molecule has 0 aliphatic heterocycles. The predicted octanol–water partition coefficient (Wildman–Crippen LogP) is 4.14. The molecule has 0 aliphatic rings. The van der Waals surface area contributed by atoms with E-state index in [1.807, 2.05) is 36.4 Å². The standard InChI is InChI=1S/C23H20F2N2O2/c24-19-11-16(12-20(25)13-19)15-26-22(28)14-21(17-7-3-1-4-8-17)27-23(29)18-9-5-2-6-10-18/h1-13,21H,14-15H2,(H,26,28)(H,27,29). The van der Waals surface area contributed by atoms with Crippen molar-refractivity contribution in [1.82, 2.24) is 10.6 Å². The van der Waals surface area contributed by atoms with Gasteiger partial charge in [0.25, 0.3) is 5.91 Å². The molecule has 6 heteroatoms. The molecule has 0 fully saturated rings. The van der Waals surface area contributed by atoms with Gasteiger partial charge < -0.3 is 10.6 Å². The third kappa shape index (κ3) is 5.97. The highest BCUT2D eigenvalue weighted by molar-refractivity contribution is 5.94. The Labute approximate surface area is 167 Å². The molecule has 1 atom stereocenters. The Bertz CT molecular complexity index is 958. The molecule has 0 radical (unpaired) electrons. The van der Waals surface area contributed by atoms with E-state index in [4.69, 9.17) is 0 Å². The lowest BCUT2D eigenvalue weighted by molar-refractivity contribution is -0.121. The zero-order valence-electron chi connectivity index (χ0n) is 15.6. The van der Waals surface area contributed by atoms with Crippen molar-refractivity contribution in [3.05, 3.63) is 107 Å². The Balaban J connectivity index is 1.67. The summed E-state index contributed by atoms with van der Waals surface area (Å²) in [6, 6.07) is 20.4. The molecule has 1 unspecified atom stereocenters. The zero-order valence-corrected chi connectivity index (χ0v) is 15.6. The molecule has 0 heterocycles. The Morgan fingerprint density at radius 1 is 0.828 bits per heavy atom. The number of rotatable bonds is 7. The molecule has 0 saturated carbocycles. The van der Waals surface area contributed by atoms with E-state index in [1.165, 1.54) is 0 Å². The molecule has 2 N–H and O–H groups in total. The van der Waals surface area contributed by atoms with Crippen molar-refractivity contribution in [2.75, 3.05) is 0 Å². The molecule has 3 aromatic carbocycles. The highest BCUT2D eigenvalue weighted by Crippen LogP contribution is 2.18. The number of benzene rings is 3. The summed E-state index contributed by atoms with van der Waals surface area (Å²) in [4.78, 5) is 25.0. The molecule has 2 amide bonds. The van der Waals surface area contributed by atoms with Crippen LogP contribution in [0.4, 0.5) is 8.78 Å². The Morgan fingerprint density at radius 3 is 2.03 bits per heavy atom. The normalized spacial score (nSPS) is 11.5. The fourth-order valence-corrected chi connectivity index (χ4v) is 2.94. The van der Waals surface area contributed by atoms with Crippen LogP contribution in [-0.2, 0) is 11.3 Å². The minimum atomic E-state index is -0.702. The van der Waals surface area contributed by atoms with Crippen molar-refractivity contribution in [3.8, 4) is 0 Å². The van der Waals surface area contributed by atoms with E-state index < -0.39 is 17.7 Å². The van der Waals surface area contributed by atoms with Crippen molar-refractivity contribution in [2.24, 2.45) is 0 Å². The van der Waals surface area contributed by atoms with Crippen LogP contribution >= 0.6 is 0 Å². The lowest BCUT2D eigenvalue weighted by Gasteiger charge is -2.19. The lowest BCUT2D eigenvalue weighted by atomic mass is 10.0. The van der Waals surface area contributed by atoms with E-state index in [1.54, 1.807) is 24.3 Å². The van der Waals surface area contributed by atoms with Gasteiger partial charge in [0, 0.05) is 18.2 Å². The summed E-state index contributed by atoms with van der Waals surface area (Å²) in [5, 5.41) is 5.52. The maximum absolute atomic E-state index is 13.3. The van der Waals surface area contributed by atoms with E-state index in [0.29, 0.717) is 11.1 Å². The second-order valence-corrected chi connectivity index (χ2v) is 6.56. The average Bonchev–Trinajstić information content (AvgIpc) is 2.72. The monoisotopic (exact) mass is 394 g/mol. The van der Waals surface area contributed by atoms with Crippen LogP contribution in [0.2, 0.25) is 0 Å². The van der Waals surface area contributed by atoms with Gasteiger partial charge in [0.2, 0.25) is 5.91 Å². The van der Waals surface area contributed by atoms with Crippen LogP contribution in [0.1, 0.15) is 33.9 Å². The fraction of sp³-hybridized carbons (Fsp3) is 0.130. The van der Waals surface area contributed by atoms with Gasteiger partial charge in [-0.1, -0.05) is 48.5 Å². The van der Waals surface area contributed by atoms with Gasteiger partial charge in [0.15, 0.2) is 0 Å². The van der Waals surface area contributed by atoms with Crippen LogP contribution in [0.15, 0.2) is 78.9 Å². The zero-order chi connectivity index (χ0) is 20.6. The van der Waals surface area contributed by atoms with E-state index in [9.17, 15) is 18.4 Å². The summed E-state index contributed by atoms with van der Waals surface area (Å²) >= 11 is 0. The number of carbonyl (C=O) groups is 2. The predicted molar refractivity (Wildman–Crippen MR) is 106 cm³/mol. The topological polar surface area (TPSA) is 58.2 Å². The largest absolute Gasteiger partial charge is 0.352 e. The van der Waals surface area contributed by atoms with Crippen LogP contribution < -0.4 is 10.6 Å². The maximum atomic E-state index is 13.3. The number of nitrogens with one attached hydrogen (secondary N) is 2. The van der Waals surface area contributed by atoms with Crippen LogP contribution in [-0.4, -0.2) is 11.8 Å². The molecule has 0 spiro atoms. The lowest BCUT2D eigenvalue weighted by Crippen LogP contribution is -2.33. The van der Waals surface area contributed by atoms with Gasteiger partial charge in [-0.2, -0.15) is 0 Å². The van der Waals surface area contributed by atoms with Crippen molar-refractivity contribution < 1.29 is 18.4 Å². The molecule has 3 aromatic rings. The van der Waals surface area contributed by atoms with E-state index in [0.717, 1.165) is 23.8 Å². The first-order valence-corrected chi connectivity index (χ1v) is 9.14. The highest BCUT2D eigenvalue weighted by atomic mass is 19.1. The van der Waals surface area contributed by atoms with Gasteiger partial charge in [-0.15, -0.1) is 0 Å². The second-order valence-electron chi connectivity index (χ2n) is 6.56. The quantitative estimate of drug-likeness (QED) is 0.633. The van der Waals surface area contributed by atoms with Gasteiger partial charge in [0.1, 0.15) is 11.6 Å². The van der Waals surface area contributed by atoms with E-state index >= 15 is 0 Å². The summed E-state index contributed by atoms with van der Waals surface area (Å²) in [6.45, 7) is -0.0122. The third-order valence-electron chi connectivity index (χ3n) is 4.34. The molecular formula is C23H20F2N2O2. The maximum Gasteiger partial charge on any atom is 0.251 e. The minimum Gasteiger partial charge on any atom is -0.352 e. The third-order valence-corrected chi connectivity index (χ3v) is 4.34. The summed E-state index contributed by atoms with van der Waals surface area (Å²) in [5.41, 5.74) is 1.59. The molecule has 0 aliphatic carbocycles. The second kappa shape index (κ2) is 9.59. The molecule has 3 rings (SSSR count). The Kier molecular flexibility index (Phi) is 6.68. The van der Waals surface area contributed by atoms with Gasteiger partial charge >= 0.3 is 0 Å². The number of halogens is 2. The number of carbonyl (C=O) groups excluding carboxylic acids is 2. The molecule has 4 nitrogen and oxygen atoms in total. The van der Waals surface area contributed by atoms with Crippen molar-refractivity contribution in [3.63, 3.8) is 0 Å². The van der Waals surface area contributed by atoms with E-state index in [2.05, 4.69) is 10.6 Å². The minimum absolute atomic E-state index is 0.0122. The van der Waals surface area contributed by atoms with Gasteiger partial charge in [-0.3, -0.25) is 9.59 Å². The van der Waals surface area contributed by atoms with Crippen LogP contribution in [0.5, 0.6) is 0 Å². The summed E-state index contributed by atoms with van der Waals surface area (Å²) < 4.78 is 26.6. The first-order chi connectivity index (χ1) is 14.0. The molecule has 0 saturated heterocycles. The smallest absolute Gasteiger partial charge is 0.251 e. The van der Waals surface area contributed by atoms with Gasteiger partial charge in [-0.25, -0.2) is 8.78 Å². The average molecular weight is 394 g/mol. The Hall–Kier alpha value is -3.54. The molecule has 29 heavy (non-hydrogen) atoms. The van der Waals surface area contributed by atoms with Gasteiger partial charge in [0.05, 0.1) is 12.5 Å². The molecule has 0 bridgehead atoms. The first kappa shape index (κ1) is 20.2. The number of amides is 2. The summed E-state index contributed by atoms with van der Waals surface area (Å²) in [5.74, 6) is -2.05. The Morgan fingerprint density at radius 2 is 1.41 bits per heavy atom. The number of hydrogen-bond acceptors (Lipinski definition) is 2. The first-order valence-electron chi connectivity index (χ1n) is 9.14. The van der Waals surface area contributed by atoms with E-state index in [-0.39, 0.29) is 24.8 Å². The summed E-state index contributed by atoms with van der Waals surface area (Å²) in [7, 11) is 0. The highest BCUT2D eigenvalue weighted by Gasteiger charge is 2.19. The van der Waals surface area contributed by atoms with Crippen LogP contribution in [0.3, 0.4) is 0 Å². The SMILES string of the molecule is O=C(CC(NC(=O)c1ccccc1)c1ccccc1)NCc1cc(F)cc(F)c1. The van der Waals surface area contributed by atoms with Crippen molar-refractivity contribution in [2.45, 2.75) is 19.0 Å². The summed E-state index contributed by atoms with van der Waals surface area (Å²) in [6.07, 6.45) is -0.0135. The van der Waals surface area contributed by atoms with Gasteiger partial charge in [-0.05, 0) is 35.4 Å². The molecule has 0 aromatic heterocycles.